The van der Waals surface area contributed by atoms with Crippen LogP contribution in [0.15, 0.2) is 72.8 Å². The van der Waals surface area contributed by atoms with E-state index in [1.165, 1.54) is 12.1 Å². The van der Waals surface area contributed by atoms with Crippen molar-refractivity contribution in [1.29, 1.82) is 0 Å². The highest BCUT2D eigenvalue weighted by Gasteiger charge is 2.31. The van der Waals surface area contributed by atoms with Gasteiger partial charge < -0.3 is 14.8 Å². The zero-order chi connectivity index (χ0) is 23.1. The first-order valence-electron chi connectivity index (χ1n) is 10.0. The molecular formula is C25H24F3NO3. The van der Waals surface area contributed by atoms with Crippen LogP contribution in [0.3, 0.4) is 0 Å². The van der Waals surface area contributed by atoms with Gasteiger partial charge >= 0.3 is 6.18 Å². The maximum absolute atomic E-state index is 13.0. The van der Waals surface area contributed by atoms with Crippen molar-refractivity contribution in [3.8, 4) is 11.5 Å². The second-order valence-corrected chi connectivity index (χ2v) is 7.29. The molecule has 0 radical (unpaired) electrons. The van der Waals surface area contributed by atoms with Crippen LogP contribution in [0.2, 0.25) is 0 Å². The fourth-order valence-electron chi connectivity index (χ4n) is 3.47. The van der Waals surface area contributed by atoms with E-state index in [9.17, 15) is 18.0 Å². The normalized spacial score (nSPS) is 12.2. The molecule has 7 heteroatoms. The first kappa shape index (κ1) is 23.2. The molecule has 0 heterocycles. The smallest absolute Gasteiger partial charge is 0.416 e. The van der Waals surface area contributed by atoms with E-state index in [2.05, 4.69) is 5.32 Å². The predicted octanol–water partition coefficient (Wildman–Crippen LogP) is 5.48. The van der Waals surface area contributed by atoms with Gasteiger partial charge in [0.25, 0.3) is 5.91 Å². The molecule has 0 saturated heterocycles. The average Bonchev–Trinajstić information content (AvgIpc) is 2.81. The summed E-state index contributed by atoms with van der Waals surface area (Å²) in [7, 11) is 3.09. The van der Waals surface area contributed by atoms with Crippen LogP contribution in [0.25, 0.3) is 0 Å². The van der Waals surface area contributed by atoms with Crippen LogP contribution in [0, 0.1) is 0 Å². The number of amides is 1. The van der Waals surface area contributed by atoms with E-state index in [0.717, 1.165) is 23.3 Å². The third kappa shape index (κ3) is 5.81. The molecule has 0 spiro atoms. The molecule has 1 amide bonds. The van der Waals surface area contributed by atoms with Crippen molar-refractivity contribution >= 4 is 5.91 Å². The molecule has 1 unspecified atom stereocenters. The lowest BCUT2D eigenvalue weighted by Gasteiger charge is -2.20. The lowest BCUT2D eigenvalue weighted by molar-refractivity contribution is -0.137. The van der Waals surface area contributed by atoms with E-state index in [1.54, 1.807) is 20.3 Å². The summed E-state index contributed by atoms with van der Waals surface area (Å²) >= 11 is 0. The molecule has 0 saturated carbocycles. The molecule has 3 aromatic carbocycles. The number of benzene rings is 3. The van der Waals surface area contributed by atoms with Crippen LogP contribution in [0.5, 0.6) is 11.5 Å². The molecule has 0 aliphatic heterocycles. The Morgan fingerprint density at radius 1 is 0.906 bits per heavy atom. The number of carbonyl (C=O) groups is 1. The molecule has 0 bridgehead atoms. The number of ether oxygens (including phenoxy) is 2. The number of alkyl halides is 3. The van der Waals surface area contributed by atoms with Gasteiger partial charge in [0.2, 0.25) is 0 Å². The van der Waals surface area contributed by atoms with Crippen LogP contribution in [0.1, 0.15) is 33.0 Å². The van der Waals surface area contributed by atoms with Crippen LogP contribution in [-0.4, -0.2) is 26.7 Å². The van der Waals surface area contributed by atoms with Crippen molar-refractivity contribution in [2.24, 2.45) is 0 Å². The summed E-state index contributed by atoms with van der Waals surface area (Å²) in [6, 6.07) is 19.7. The fourth-order valence-corrected chi connectivity index (χ4v) is 3.47. The second-order valence-electron chi connectivity index (χ2n) is 7.29. The monoisotopic (exact) mass is 443 g/mol. The highest BCUT2D eigenvalue weighted by atomic mass is 19.4. The van der Waals surface area contributed by atoms with Gasteiger partial charge in [0.05, 0.1) is 19.8 Å². The van der Waals surface area contributed by atoms with Gasteiger partial charge in [-0.15, -0.1) is 0 Å². The van der Waals surface area contributed by atoms with E-state index in [1.807, 2.05) is 42.5 Å². The molecule has 0 fully saturated rings. The van der Waals surface area contributed by atoms with Crippen molar-refractivity contribution in [2.45, 2.75) is 18.5 Å². The number of nitrogens with one attached hydrogen (secondary N) is 1. The standard InChI is InChI=1S/C25H24F3NO3/c1-31-22-12-11-18(15-23(22)32-2)20(13-17-7-4-3-5-8-17)16-29-24(30)19-9-6-10-21(14-19)25(26,27)28/h3-12,14-15,20H,13,16H2,1-2H3,(H,29,30). The van der Waals surface area contributed by atoms with E-state index in [-0.39, 0.29) is 18.0 Å². The van der Waals surface area contributed by atoms with Gasteiger partial charge in [-0.1, -0.05) is 42.5 Å². The minimum absolute atomic E-state index is 0.0365. The van der Waals surface area contributed by atoms with Gasteiger partial charge in [-0.25, -0.2) is 0 Å². The van der Waals surface area contributed by atoms with Gasteiger partial charge in [-0.3, -0.25) is 4.79 Å². The topological polar surface area (TPSA) is 47.6 Å². The van der Waals surface area contributed by atoms with E-state index in [0.29, 0.717) is 17.9 Å². The largest absolute Gasteiger partial charge is 0.493 e. The van der Waals surface area contributed by atoms with Crippen molar-refractivity contribution in [2.75, 3.05) is 20.8 Å². The Morgan fingerprint density at radius 3 is 2.28 bits per heavy atom. The lowest BCUT2D eigenvalue weighted by Crippen LogP contribution is -2.29. The molecular weight excluding hydrogens is 419 g/mol. The number of rotatable bonds is 8. The summed E-state index contributed by atoms with van der Waals surface area (Å²) in [6.07, 6.45) is -3.88. The molecule has 0 aromatic heterocycles. The van der Waals surface area contributed by atoms with Crippen LogP contribution < -0.4 is 14.8 Å². The summed E-state index contributed by atoms with van der Waals surface area (Å²) in [6.45, 7) is 0.236. The molecule has 1 N–H and O–H groups in total. The second kappa shape index (κ2) is 10.2. The highest BCUT2D eigenvalue weighted by Crippen LogP contribution is 2.32. The van der Waals surface area contributed by atoms with E-state index >= 15 is 0 Å². The Bertz CT molecular complexity index is 1050. The third-order valence-corrected chi connectivity index (χ3v) is 5.17. The highest BCUT2D eigenvalue weighted by molar-refractivity contribution is 5.94. The van der Waals surface area contributed by atoms with Gasteiger partial charge in [0.1, 0.15) is 0 Å². The van der Waals surface area contributed by atoms with Gasteiger partial charge in [-0.05, 0) is 47.9 Å². The lowest BCUT2D eigenvalue weighted by atomic mass is 9.91. The predicted molar refractivity (Wildman–Crippen MR) is 116 cm³/mol. The Hall–Kier alpha value is -3.48. The Labute approximate surface area is 185 Å². The van der Waals surface area contributed by atoms with Crippen molar-refractivity contribution in [3.05, 3.63) is 95.1 Å². The Balaban J connectivity index is 1.82. The number of hydrogen-bond donors (Lipinski definition) is 1. The Kier molecular flexibility index (Phi) is 7.41. The van der Waals surface area contributed by atoms with E-state index < -0.39 is 17.6 Å². The van der Waals surface area contributed by atoms with Gasteiger partial charge in [0, 0.05) is 18.0 Å². The van der Waals surface area contributed by atoms with Crippen LogP contribution in [-0.2, 0) is 12.6 Å². The summed E-state index contributed by atoms with van der Waals surface area (Å²) in [5.41, 5.74) is 1.09. The van der Waals surface area contributed by atoms with Crippen LogP contribution >= 0.6 is 0 Å². The quantitative estimate of drug-likeness (QED) is 0.502. The molecule has 4 nitrogen and oxygen atoms in total. The maximum Gasteiger partial charge on any atom is 0.416 e. The molecule has 3 aromatic rings. The summed E-state index contributed by atoms with van der Waals surface area (Å²) in [5, 5.41) is 2.78. The van der Waals surface area contributed by atoms with Gasteiger partial charge in [0.15, 0.2) is 11.5 Å². The van der Waals surface area contributed by atoms with Crippen LogP contribution in [0.4, 0.5) is 13.2 Å². The van der Waals surface area contributed by atoms with E-state index in [4.69, 9.17) is 9.47 Å². The fraction of sp³-hybridized carbons (Fsp3) is 0.240. The first-order valence-corrected chi connectivity index (χ1v) is 10.0. The minimum Gasteiger partial charge on any atom is -0.493 e. The number of halogens is 3. The SMILES string of the molecule is COc1ccc(C(CNC(=O)c2cccc(C(F)(F)F)c2)Cc2ccccc2)cc1OC. The molecule has 168 valence electrons. The minimum atomic E-state index is -4.51. The zero-order valence-corrected chi connectivity index (χ0v) is 17.8. The van der Waals surface area contributed by atoms with Crippen molar-refractivity contribution in [1.82, 2.24) is 5.32 Å². The molecule has 0 aliphatic carbocycles. The Morgan fingerprint density at radius 2 is 1.62 bits per heavy atom. The third-order valence-electron chi connectivity index (χ3n) is 5.17. The number of carbonyl (C=O) groups excluding carboxylic acids is 1. The van der Waals surface area contributed by atoms with Gasteiger partial charge in [-0.2, -0.15) is 13.2 Å². The maximum atomic E-state index is 13.0. The first-order chi connectivity index (χ1) is 15.3. The summed E-state index contributed by atoms with van der Waals surface area (Å²) in [5.74, 6) is 0.455. The average molecular weight is 443 g/mol. The summed E-state index contributed by atoms with van der Waals surface area (Å²) in [4.78, 5) is 12.6. The molecule has 32 heavy (non-hydrogen) atoms. The molecule has 3 rings (SSSR count). The van der Waals surface area contributed by atoms with Crippen molar-refractivity contribution < 1.29 is 27.4 Å². The molecule has 1 atom stereocenters. The number of methoxy groups -OCH3 is 2. The molecule has 0 aliphatic rings. The number of hydrogen-bond acceptors (Lipinski definition) is 3. The summed E-state index contributed by atoms with van der Waals surface area (Å²) < 4.78 is 49.7. The van der Waals surface area contributed by atoms with Crippen molar-refractivity contribution in [3.63, 3.8) is 0 Å². The zero-order valence-electron chi connectivity index (χ0n) is 17.8.